The van der Waals surface area contributed by atoms with Gasteiger partial charge in [0.25, 0.3) is 0 Å². The van der Waals surface area contributed by atoms with Gasteiger partial charge in [-0.1, -0.05) is 0 Å². The number of hydrogen-bond acceptors (Lipinski definition) is 1. The van der Waals surface area contributed by atoms with Gasteiger partial charge in [0.15, 0.2) is 0 Å². The largest absolute Gasteiger partial charge is 0.376 e. The van der Waals surface area contributed by atoms with Crippen LogP contribution in [0.2, 0.25) is 0 Å². The highest BCUT2D eigenvalue weighted by molar-refractivity contribution is 4.39. The van der Waals surface area contributed by atoms with E-state index >= 15 is 0 Å². The topological polar surface area (TPSA) is 9.23 Å². The highest BCUT2D eigenvalue weighted by Gasteiger charge is 1.91. The number of ether oxygens (including phenoxy) is 1. The lowest BCUT2D eigenvalue weighted by Crippen LogP contribution is -1.99. The summed E-state index contributed by atoms with van der Waals surface area (Å²) in [4.78, 5) is 0. The molecule has 0 aliphatic heterocycles. The summed E-state index contributed by atoms with van der Waals surface area (Å²) in [6.07, 6.45) is -0.887. The highest BCUT2D eigenvalue weighted by atomic mass is 19.1. The van der Waals surface area contributed by atoms with Crippen LogP contribution in [0.1, 0.15) is 6.92 Å². The van der Waals surface area contributed by atoms with Crippen LogP contribution in [0.5, 0.6) is 0 Å². The van der Waals surface area contributed by atoms with Crippen LogP contribution < -0.4 is 0 Å². The molecule has 0 bridgehead atoms. The van der Waals surface area contributed by atoms with Crippen molar-refractivity contribution in [2.45, 2.75) is 13.1 Å². The van der Waals surface area contributed by atoms with Gasteiger partial charge in [-0.3, -0.25) is 0 Å². The molecule has 2 heteroatoms. The number of alkyl halides is 1. The minimum atomic E-state index is -0.887. The molecule has 0 heterocycles. The van der Waals surface area contributed by atoms with E-state index in [0.29, 0.717) is 0 Å². The molecule has 1 atom stereocenters. The highest BCUT2D eigenvalue weighted by Crippen LogP contribution is 1.85. The fourth-order valence-electron chi connectivity index (χ4n) is 0.162. The fraction of sp³-hybridized carbons (Fsp3) is 0.750. The van der Waals surface area contributed by atoms with E-state index in [1.165, 1.54) is 6.92 Å². The minimum Gasteiger partial charge on any atom is -0.376 e. The maximum atomic E-state index is 11.5. The summed E-state index contributed by atoms with van der Waals surface area (Å²) >= 11 is 0. The molecular weight excluding hydrogens is 83.0 g/mol. The Labute approximate surface area is 37.1 Å². The van der Waals surface area contributed by atoms with Gasteiger partial charge in [-0.2, -0.15) is 0 Å². The Balaban J connectivity index is 2.63. The first-order valence-electron chi connectivity index (χ1n) is 1.78. The van der Waals surface area contributed by atoms with Crippen molar-refractivity contribution in [3.63, 3.8) is 0 Å². The molecule has 0 N–H and O–H groups in total. The third-order valence-corrected chi connectivity index (χ3v) is 0.348. The molecule has 1 nitrogen and oxygen atoms in total. The van der Waals surface area contributed by atoms with Crippen molar-refractivity contribution in [2.75, 3.05) is 6.61 Å². The second kappa shape index (κ2) is 3.09. The molecule has 1 unspecified atom stereocenters. The molecule has 0 aliphatic rings. The minimum absolute atomic E-state index is 0.0972. The summed E-state index contributed by atoms with van der Waals surface area (Å²) in [6.45, 7) is 1.52. The zero-order chi connectivity index (χ0) is 4.99. The van der Waals surface area contributed by atoms with Gasteiger partial charge in [0.2, 0.25) is 0 Å². The second-order valence-corrected chi connectivity index (χ2v) is 1.15. The van der Waals surface area contributed by atoms with Gasteiger partial charge in [-0.15, -0.1) is 0 Å². The van der Waals surface area contributed by atoms with Crippen molar-refractivity contribution in [1.82, 2.24) is 0 Å². The zero-order valence-corrected chi connectivity index (χ0v) is 3.78. The molecule has 0 aromatic rings. The summed E-state index contributed by atoms with van der Waals surface area (Å²) in [7, 11) is 2.99. The van der Waals surface area contributed by atoms with E-state index < -0.39 is 6.17 Å². The van der Waals surface area contributed by atoms with Crippen LogP contribution >= 0.6 is 0 Å². The lowest BCUT2D eigenvalue weighted by Gasteiger charge is -1.93. The summed E-state index contributed by atoms with van der Waals surface area (Å²) in [5.41, 5.74) is 0. The van der Waals surface area contributed by atoms with Gasteiger partial charge in [0, 0.05) is 0 Å². The van der Waals surface area contributed by atoms with Gasteiger partial charge < -0.3 is 4.74 Å². The summed E-state index contributed by atoms with van der Waals surface area (Å²) in [5, 5.41) is 0. The van der Waals surface area contributed by atoms with Crippen LogP contribution in [0, 0.1) is 7.11 Å². The first kappa shape index (κ1) is 5.89. The normalized spacial score (nSPS) is 14.5. The Morgan fingerprint density at radius 3 is 2.50 bits per heavy atom. The van der Waals surface area contributed by atoms with Gasteiger partial charge >= 0.3 is 0 Å². The Bertz CT molecular complexity index is 28.7. The molecule has 0 spiro atoms. The SMILES string of the molecule is [CH2]OCC(C)F. The van der Waals surface area contributed by atoms with Crippen molar-refractivity contribution < 1.29 is 9.13 Å². The molecule has 1 radical (unpaired) electrons. The number of halogens is 1. The Morgan fingerprint density at radius 1 is 2.00 bits per heavy atom. The first-order chi connectivity index (χ1) is 2.77. The van der Waals surface area contributed by atoms with E-state index in [9.17, 15) is 4.39 Å². The van der Waals surface area contributed by atoms with Crippen molar-refractivity contribution in [1.29, 1.82) is 0 Å². The standard InChI is InChI=1S/C4H8FO/c1-4(5)3-6-2/h4H,2-3H2,1H3. The lowest BCUT2D eigenvalue weighted by atomic mass is 10.5. The van der Waals surface area contributed by atoms with E-state index in [1.807, 2.05) is 0 Å². The molecule has 0 saturated carbocycles. The van der Waals surface area contributed by atoms with Gasteiger partial charge in [0.1, 0.15) is 6.17 Å². The van der Waals surface area contributed by atoms with Crippen LogP contribution in [0.25, 0.3) is 0 Å². The van der Waals surface area contributed by atoms with Gasteiger partial charge in [0.05, 0.1) is 13.7 Å². The zero-order valence-electron chi connectivity index (χ0n) is 3.78. The molecule has 0 aromatic carbocycles. The monoisotopic (exact) mass is 91.1 g/mol. The number of hydrogen-bond donors (Lipinski definition) is 0. The predicted octanol–water partition coefficient (Wildman–Crippen LogP) is 1.15. The quantitative estimate of drug-likeness (QED) is 0.495. The fourth-order valence-corrected chi connectivity index (χ4v) is 0.162. The van der Waals surface area contributed by atoms with Crippen LogP contribution in [-0.2, 0) is 4.74 Å². The molecule has 0 aromatic heterocycles. The lowest BCUT2D eigenvalue weighted by molar-refractivity contribution is 0.162. The van der Waals surface area contributed by atoms with Crippen LogP contribution in [0.3, 0.4) is 0 Å². The van der Waals surface area contributed by atoms with E-state index in [4.69, 9.17) is 0 Å². The smallest absolute Gasteiger partial charge is 0.121 e. The van der Waals surface area contributed by atoms with Gasteiger partial charge in [-0.25, -0.2) is 4.39 Å². The first-order valence-corrected chi connectivity index (χ1v) is 1.78. The molecular formula is C4H8FO. The summed E-state index contributed by atoms with van der Waals surface area (Å²) in [5.74, 6) is 0. The molecule has 0 saturated heterocycles. The molecule has 0 amide bonds. The summed E-state index contributed by atoms with van der Waals surface area (Å²) < 4.78 is 15.7. The van der Waals surface area contributed by atoms with E-state index in [2.05, 4.69) is 11.8 Å². The molecule has 0 aliphatic carbocycles. The number of rotatable bonds is 2. The van der Waals surface area contributed by atoms with Crippen molar-refractivity contribution >= 4 is 0 Å². The van der Waals surface area contributed by atoms with Crippen molar-refractivity contribution in [3.8, 4) is 0 Å². The molecule has 0 fully saturated rings. The maximum absolute atomic E-state index is 11.5. The average molecular weight is 91.1 g/mol. The second-order valence-electron chi connectivity index (χ2n) is 1.15. The maximum Gasteiger partial charge on any atom is 0.121 e. The van der Waals surface area contributed by atoms with Crippen molar-refractivity contribution in [3.05, 3.63) is 7.11 Å². The van der Waals surface area contributed by atoms with Crippen molar-refractivity contribution in [2.24, 2.45) is 0 Å². The summed E-state index contributed by atoms with van der Waals surface area (Å²) in [6, 6.07) is 0. The van der Waals surface area contributed by atoms with Crippen LogP contribution in [-0.4, -0.2) is 12.8 Å². The molecule has 37 valence electrons. The average Bonchev–Trinajstić information content (AvgIpc) is 1.35. The van der Waals surface area contributed by atoms with Crippen LogP contribution in [0.4, 0.5) is 4.39 Å². The third kappa shape index (κ3) is 3.89. The third-order valence-electron chi connectivity index (χ3n) is 0.348. The van der Waals surface area contributed by atoms with E-state index in [1.54, 1.807) is 0 Å². The molecule has 6 heavy (non-hydrogen) atoms. The van der Waals surface area contributed by atoms with E-state index in [-0.39, 0.29) is 6.61 Å². The Hall–Kier alpha value is -0.110. The van der Waals surface area contributed by atoms with Crippen LogP contribution in [0.15, 0.2) is 0 Å². The van der Waals surface area contributed by atoms with Gasteiger partial charge in [-0.05, 0) is 6.92 Å². The Kier molecular flexibility index (Phi) is 3.04. The van der Waals surface area contributed by atoms with E-state index in [0.717, 1.165) is 0 Å². The predicted molar refractivity (Wildman–Crippen MR) is 21.9 cm³/mol. The Morgan fingerprint density at radius 2 is 2.50 bits per heavy atom. The molecule has 0 rings (SSSR count).